The SMILES string of the molecule is N[C](C(CO)CO)C(CO)CO. The van der Waals surface area contributed by atoms with E-state index in [0.717, 1.165) is 0 Å². The Morgan fingerprint density at radius 1 is 0.833 bits per heavy atom. The lowest BCUT2D eigenvalue weighted by atomic mass is 9.91. The van der Waals surface area contributed by atoms with Crippen LogP contribution in [0.3, 0.4) is 0 Å². The second-order valence-corrected chi connectivity index (χ2v) is 2.62. The molecule has 0 unspecified atom stereocenters. The first kappa shape index (κ1) is 11.8. The van der Waals surface area contributed by atoms with Crippen LogP contribution in [0.4, 0.5) is 0 Å². The van der Waals surface area contributed by atoms with Crippen LogP contribution in [0.1, 0.15) is 0 Å². The van der Waals surface area contributed by atoms with Gasteiger partial charge in [-0.3, -0.25) is 0 Å². The topological polar surface area (TPSA) is 107 Å². The molecular formula is C7H16NO4. The summed E-state index contributed by atoms with van der Waals surface area (Å²) in [6, 6.07) is 0.241. The van der Waals surface area contributed by atoms with Crippen molar-refractivity contribution in [3.05, 3.63) is 6.04 Å². The van der Waals surface area contributed by atoms with Crippen LogP contribution in [0.5, 0.6) is 0 Å². The van der Waals surface area contributed by atoms with E-state index in [2.05, 4.69) is 0 Å². The molecule has 0 fully saturated rings. The van der Waals surface area contributed by atoms with Gasteiger partial charge in [0.1, 0.15) is 0 Å². The molecule has 0 aliphatic carbocycles. The van der Waals surface area contributed by atoms with Crippen LogP contribution in [0, 0.1) is 17.9 Å². The summed E-state index contributed by atoms with van der Waals surface area (Å²) >= 11 is 0. The summed E-state index contributed by atoms with van der Waals surface area (Å²) in [7, 11) is 0. The summed E-state index contributed by atoms with van der Waals surface area (Å²) in [5, 5.41) is 34.8. The number of hydrogen-bond acceptors (Lipinski definition) is 5. The van der Waals surface area contributed by atoms with Crippen molar-refractivity contribution in [2.24, 2.45) is 17.6 Å². The molecule has 0 aromatic heterocycles. The van der Waals surface area contributed by atoms with Gasteiger partial charge in [-0.25, -0.2) is 0 Å². The Morgan fingerprint density at radius 3 is 1.25 bits per heavy atom. The maximum absolute atomic E-state index is 8.71. The molecule has 0 heterocycles. The number of aliphatic hydroxyl groups excluding tert-OH is 4. The predicted molar refractivity (Wildman–Crippen MR) is 42.8 cm³/mol. The highest BCUT2D eigenvalue weighted by Gasteiger charge is 2.25. The lowest BCUT2D eigenvalue weighted by Crippen LogP contribution is -2.36. The first-order chi connectivity index (χ1) is 5.71. The minimum Gasteiger partial charge on any atom is -0.396 e. The predicted octanol–water partition coefficient (Wildman–Crippen LogP) is -2.32. The van der Waals surface area contributed by atoms with Gasteiger partial charge in [0.25, 0.3) is 0 Å². The van der Waals surface area contributed by atoms with E-state index in [9.17, 15) is 0 Å². The van der Waals surface area contributed by atoms with Gasteiger partial charge in [-0.2, -0.15) is 0 Å². The fourth-order valence-electron chi connectivity index (χ4n) is 0.870. The van der Waals surface area contributed by atoms with Gasteiger partial charge in [-0.1, -0.05) is 0 Å². The normalized spacial score (nSPS) is 12.0. The summed E-state index contributed by atoms with van der Waals surface area (Å²) in [6.07, 6.45) is 0. The van der Waals surface area contributed by atoms with E-state index in [1.54, 1.807) is 0 Å². The summed E-state index contributed by atoms with van der Waals surface area (Å²) in [5.41, 5.74) is 5.48. The maximum Gasteiger partial charge on any atom is 0.0499 e. The average molecular weight is 178 g/mol. The van der Waals surface area contributed by atoms with E-state index < -0.39 is 11.8 Å². The van der Waals surface area contributed by atoms with Crippen LogP contribution < -0.4 is 5.73 Å². The zero-order chi connectivity index (χ0) is 9.56. The van der Waals surface area contributed by atoms with Crippen molar-refractivity contribution in [1.29, 1.82) is 0 Å². The Labute approximate surface area is 71.4 Å². The summed E-state index contributed by atoms with van der Waals surface area (Å²) in [6.45, 7) is -1.12. The first-order valence-electron chi connectivity index (χ1n) is 3.76. The van der Waals surface area contributed by atoms with Crippen LogP contribution in [0.15, 0.2) is 0 Å². The number of rotatable bonds is 6. The van der Waals surface area contributed by atoms with Crippen molar-refractivity contribution >= 4 is 0 Å². The van der Waals surface area contributed by atoms with Crippen molar-refractivity contribution < 1.29 is 20.4 Å². The van der Waals surface area contributed by atoms with Crippen molar-refractivity contribution in [3.63, 3.8) is 0 Å². The first-order valence-corrected chi connectivity index (χ1v) is 3.76. The third-order valence-corrected chi connectivity index (χ3v) is 1.82. The third-order valence-electron chi connectivity index (χ3n) is 1.82. The van der Waals surface area contributed by atoms with Gasteiger partial charge in [0.2, 0.25) is 0 Å². The van der Waals surface area contributed by atoms with Crippen LogP contribution in [-0.4, -0.2) is 46.9 Å². The van der Waals surface area contributed by atoms with E-state index in [1.165, 1.54) is 0 Å². The molecule has 0 rings (SSSR count). The monoisotopic (exact) mass is 178 g/mol. The second-order valence-electron chi connectivity index (χ2n) is 2.62. The van der Waals surface area contributed by atoms with Crippen molar-refractivity contribution in [2.45, 2.75) is 0 Å². The Bertz CT molecular complexity index is 91.6. The number of nitrogens with two attached hydrogens (primary N) is 1. The van der Waals surface area contributed by atoms with Gasteiger partial charge < -0.3 is 26.2 Å². The molecule has 0 bridgehead atoms. The average Bonchev–Trinajstić information content (AvgIpc) is 2.09. The molecule has 1 radical (unpaired) electrons. The van der Waals surface area contributed by atoms with Gasteiger partial charge in [0, 0.05) is 44.3 Å². The summed E-state index contributed by atoms with van der Waals surface area (Å²) in [5.74, 6) is -1.12. The highest BCUT2D eigenvalue weighted by Crippen LogP contribution is 2.16. The van der Waals surface area contributed by atoms with Gasteiger partial charge in [0.05, 0.1) is 0 Å². The van der Waals surface area contributed by atoms with Gasteiger partial charge in [-0.15, -0.1) is 0 Å². The fourth-order valence-corrected chi connectivity index (χ4v) is 0.870. The van der Waals surface area contributed by atoms with Crippen LogP contribution in [0.25, 0.3) is 0 Å². The van der Waals surface area contributed by atoms with Crippen molar-refractivity contribution in [1.82, 2.24) is 0 Å². The smallest absolute Gasteiger partial charge is 0.0499 e. The molecule has 0 atom stereocenters. The Balaban J connectivity index is 4.02. The molecule has 0 aromatic rings. The Morgan fingerprint density at radius 2 is 1.08 bits per heavy atom. The summed E-state index contributed by atoms with van der Waals surface area (Å²) in [4.78, 5) is 0. The zero-order valence-corrected chi connectivity index (χ0v) is 6.85. The number of hydrogen-bond donors (Lipinski definition) is 5. The molecule has 0 aromatic carbocycles. The van der Waals surface area contributed by atoms with E-state index in [-0.39, 0.29) is 32.5 Å². The molecule has 5 nitrogen and oxygen atoms in total. The fraction of sp³-hybridized carbons (Fsp3) is 0.857. The maximum atomic E-state index is 8.71. The van der Waals surface area contributed by atoms with Gasteiger partial charge in [0.15, 0.2) is 0 Å². The molecular weight excluding hydrogens is 162 g/mol. The van der Waals surface area contributed by atoms with E-state index in [1.807, 2.05) is 0 Å². The molecule has 0 saturated heterocycles. The molecule has 6 N–H and O–H groups in total. The molecule has 0 saturated carbocycles. The van der Waals surface area contributed by atoms with E-state index >= 15 is 0 Å². The van der Waals surface area contributed by atoms with Crippen LogP contribution >= 0.6 is 0 Å². The largest absolute Gasteiger partial charge is 0.396 e. The molecule has 5 heteroatoms. The molecule has 0 amide bonds. The standard InChI is InChI=1S/C7H16NO4/c8-7(5(1-9)2-10)6(3-11)4-12/h5-6,9-12H,1-4,8H2. The Hall–Kier alpha value is -0.200. The lowest BCUT2D eigenvalue weighted by molar-refractivity contribution is 0.104. The quantitative estimate of drug-likeness (QED) is 0.314. The second kappa shape index (κ2) is 6.33. The summed E-state index contributed by atoms with van der Waals surface area (Å²) < 4.78 is 0. The Kier molecular flexibility index (Phi) is 6.23. The molecule has 0 spiro atoms. The highest BCUT2D eigenvalue weighted by atomic mass is 16.3. The molecule has 12 heavy (non-hydrogen) atoms. The lowest BCUT2D eigenvalue weighted by Gasteiger charge is -2.24. The van der Waals surface area contributed by atoms with Gasteiger partial charge in [-0.05, 0) is 0 Å². The molecule has 0 aliphatic heterocycles. The number of aliphatic hydroxyl groups is 4. The van der Waals surface area contributed by atoms with Gasteiger partial charge >= 0.3 is 0 Å². The minimum atomic E-state index is -0.561. The highest BCUT2D eigenvalue weighted by molar-refractivity contribution is 4.96. The molecule has 0 aliphatic rings. The van der Waals surface area contributed by atoms with Crippen molar-refractivity contribution in [3.8, 4) is 0 Å². The van der Waals surface area contributed by atoms with Crippen LogP contribution in [0.2, 0.25) is 0 Å². The van der Waals surface area contributed by atoms with Crippen LogP contribution in [-0.2, 0) is 0 Å². The molecule has 73 valence electrons. The van der Waals surface area contributed by atoms with E-state index in [0.29, 0.717) is 0 Å². The van der Waals surface area contributed by atoms with E-state index in [4.69, 9.17) is 26.2 Å². The van der Waals surface area contributed by atoms with Crippen molar-refractivity contribution in [2.75, 3.05) is 26.4 Å². The third kappa shape index (κ3) is 3.04. The zero-order valence-electron chi connectivity index (χ0n) is 6.85. The minimum absolute atomic E-state index is 0.241.